The zero-order valence-corrected chi connectivity index (χ0v) is 13.9. The van der Waals surface area contributed by atoms with Gasteiger partial charge in [0.05, 0.1) is 13.7 Å². The van der Waals surface area contributed by atoms with Gasteiger partial charge < -0.3 is 19.5 Å². The number of aryl methyl sites for hydroxylation is 1. The van der Waals surface area contributed by atoms with Gasteiger partial charge in [0.1, 0.15) is 0 Å². The van der Waals surface area contributed by atoms with Crippen molar-refractivity contribution in [1.82, 2.24) is 4.90 Å². The van der Waals surface area contributed by atoms with Crippen LogP contribution in [0.15, 0.2) is 18.2 Å². The standard InChI is InChI=1S/C17H22FNO5/c1-23-11-17(16(21)22)8-3-9-19(17)15(20)7-5-12-4-6-14(24-2)13(18)10-12/h4,6,10H,3,5,7-9,11H2,1-2H3,(H,21,22). The first kappa shape index (κ1) is 18.2. The van der Waals surface area contributed by atoms with Crippen LogP contribution < -0.4 is 4.74 Å². The lowest BCUT2D eigenvalue weighted by molar-refractivity contribution is -0.160. The highest BCUT2D eigenvalue weighted by Crippen LogP contribution is 2.31. The molecule has 0 bridgehead atoms. The number of hydrogen-bond acceptors (Lipinski definition) is 4. The summed E-state index contributed by atoms with van der Waals surface area (Å²) in [6, 6.07) is 4.53. The molecule has 0 radical (unpaired) electrons. The van der Waals surface area contributed by atoms with E-state index in [1.165, 1.54) is 31.3 Å². The Hall–Kier alpha value is -2.15. The van der Waals surface area contributed by atoms with Crippen LogP contribution in [0.3, 0.4) is 0 Å². The largest absolute Gasteiger partial charge is 0.494 e. The molecule has 7 heteroatoms. The summed E-state index contributed by atoms with van der Waals surface area (Å²) in [5, 5.41) is 9.56. The van der Waals surface area contributed by atoms with Crippen molar-refractivity contribution < 1.29 is 28.6 Å². The van der Waals surface area contributed by atoms with Gasteiger partial charge in [-0.05, 0) is 37.0 Å². The van der Waals surface area contributed by atoms with Crippen LogP contribution in [0.25, 0.3) is 0 Å². The molecular formula is C17H22FNO5. The van der Waals surface area contributed by atoms with E-state index < -0.39 is 17.3 Å². The predicted molar refractivity (Wildman–Crippen MR) is 84.5 cm³/mol. The van der Waals surface area contributed by atoms with Crippen molar-refractivity contribution in [3.63, 3.8) is 0 Å². The van der Waals surface area contributed by atoms with Crippen LogP contribution in [0.5, 0.6) is 5.75 Å². The van der Waals surface area contributed by atoms with Gasteiger partial charge in [-0.3, -0.25) is 4.79 Å². The SMILES string of the molecule is COCC1(C(=O)O)CCCN1C(=O)CCc1ccc(OC)c(F)c1. The Kier molecular flexibility index (Phi) is 5.77. The minimum Gasteiger partial charge on any atom is -0.494 e. The topological polar surface area (TPSA) is 76.1 Å². The van der Waals surface area contributed by atoms with Crippen LogP contribution in [-0.2, 0) is 20.7 Å². The van der Waals surface area contributed by atoms with E-state index in [-0.39, 0.29) is 24.7 Å². The van der Waals surface area contributed by atoms with E-state index in [1.807, 2.05) is 0 Å². The Labute approximate surface area is 140 Å². The van der Waals surface area contributed by atoms with Gasteiger partial charge in [0.2, 0.25) is 5.91 Å². The number of nitrogens with zero attached hydrogens (tertiary/aromatic N) is 1. The van der Waals surface area contributed by atoms with Gasteiger partial charge in [0, 0.05) is 20.1 Å². The van der Waals surface area contributed by atoms with Crippen molar-refractivity contribution in [3.8, 4) is 5.75 Å². The summed E-state index contributed by atoms with van der Waals surface area (Å²) in [7, 11) is 2.81. The molecule has 1 fully saturated rings. The van der Waals surface area contributed by atoms with E-state index >= 15 is 0 Å². The lowest BCUT2D eigenvalue weighted by Crippen LogP contribution is -2.56. The Bertz CT molecular complexity index is 621. The van der Waals surface area contributed by atoms with Crippen LogP contribution in [-0.4, -0.2) is 54.8 Å². The van der Waals surface area contributed by atoms with Crippen molar-refractivity contribution in [2.75, 3.05) is 27.4 Å². The number of halogens is 1. The third kappa shape index (κ3) is 3.51. The van der Waals surface area contributed by atoms with Gasteiger partial charge in [-0.1, -0.05) is 6.07 Å². The van der Waals surface area contributed by atoms with Gasteiger partial charge in [-0.2, -0.15) is 0 Å². The number of methoxy groups -OCH3 is 2. The molecule has 0 aliphatic carbocycles. The number of ether oxygens (including phenoxy) is 2. The molecule has 1 atom stereocenters. The monoisotopic (exact) mass is 339 g/mol. The van der Waals surface area contributed by atoms with Crippen molar-refractivity contribution in [1.29, 1.82) is 0 Å². The number of carboxylic acids is 1. The molecule has 0 spiro atoms. The maximum absolute atomic E-state index is 13.7. The summed E-state index contributed by atoms with van der Waals surface area (Å²) in [5.74, 6) is -1.65. The lowest BCUT2D eigenvalue weighted by Gasteiger charge is -2.34. The Morgan fingerprint density at radius 1 is 1.38 bits per heavy atom. The molecule has 1 N–H and O–H groups in total. The van der Waals surface area contributed by atoms with Crippen LogP contribution in [0.1, 0.15) is 24.8 Å². The molecule has 132 valence electrons. The molecule has 6 nitrogen and oxygen atoms in total. The number of hydrogen-bond donors (Lipinski definition) is 1. The highest BCUT2D eigenvalue weighted by Gasteiger charge is 2.49. The first-order valence-corrected chi connectivity index (χ1v) is 7.80. The highest BCUT2D eigenvalue weighted by molar-refractivity contribution is 5.88. The van der Waals surface area contributed by atoms with E-state index in [0.29, 0.717) is 31.4 Å². The smallest absolute Gasteiger partial charge is 0.332 e. The molecular weight excluding hydrogens is 317 g/mol. The van der Waals surface area contributed by atoms with Gasteiger partial charge in [0.25, 0.3) is 0 Å². The fourth-order valence-electron chi connectivity index (χ4n) is 3.17. The molecule has 1 saturated heterocycles. The molecule has 0 aromatic heterocycles. The van der Waals surface area contributed by atoms with Crippen molar-refractivity contribution >= 4 is 11.9 Å². The van der Waals surface area contributed by atoms with E-state index in [1.54, 1.807) is 6.07 Å². The van der Waals surface area contributed by atoms with E-state index in [9.17, 15) is 19.1 Å². The predicted octanol–water partition coefficient (Wildman–Crippen LogP) is 1.86. The van der Waals surface area contributed by atoms with E-state index in [4.69, 9.17) is 9.47 Å². The summed E-state index contributed by atoms with van der Waals surface area (Å²) in [6.45, 7) is 0.358. The maximum atomic E-state index is 13.7. The highest BCUT2D eigenvalue weighted by atomic mass is 19.1. The second kappa shape index (κ2) is 7.61. The quantitative estimate of drug-likeness (QED) is 0.821. The fourth-order valence-corrected chi connectivity index (χ4v) is 3.17. The summed E-state index contributed by atoms with van der Waals surface area (Å²) >= 11 is 0. The number of likely N-dealkylation sites (tertiary alicyclic amines) is 1. The number of carbonyl (C=O) groups is 2. The summed E-state index contributed by atoms with van der Waals surface area (Å²) in [4.78, 5) is 25.6. The van der Waals surface area contributed by atoms with Crippen LogP contribution in [0, 0.1) is 5.82 Å². The Balaban J connectivity index is 2.06. The number of carbonyl (C=O) groups excluding carboxylic acids is 1. The minimum atomic E-state index is -1.29. The zero-order valence-electron chi connectivity index (χ0n) is 13.9. The van der Waals surface area contributed by atoms with E-state index in [2.05, 4.69) is 0 Å². The molecule has 1 aromatic carbocycles. The van der Waals surface area contributed by atoms with E-state index in [0.717, 1.165) is 0 Å². The average molecular weight is 339 g/mol. The normalized spacial score (nSPS) is 20.2. The summed E-state index contributed by atoms with van der Waals surface area (Å²) in [5.41, 5.74) is -0.634. The number of amides is 1. The van der Waals surface area contributed by atoms with Crippen molar-refractivity contribution in [2.24, 2.45) is 0 Å². The lowest BCUT2D eigenvalue weighted by atomic mass is 9.96. The molecule has 1 aliphatic heterocycles. The first-order valence-electron chi connectivity index (χ1n) is 7.80. The molecule has 1 heterocycles. The summed E-state index contributed by atoms with van der Waals surface area (Å²) < 4.78 is 23.6. The van der Waals surface area contributed by atoms with Gasteiger partial charge in [-0.15, -0.1) is 0 Å². The number of carboxylic acid groups (broad SMARTS) is 1. The fraction of sp³-hybridized carbons (Fsp3) is 0.529. The zero-order chi connectivity index (χ0) is 17.7. The average Bonchev–Trinajstić information content (AvgIpc) is 2.98. The van der Waals surface area contributed by atoms with Crippen LogP contribution >= 0.6 is 0 Å². The molecule has 24 heavy (non-hydrogen) atoms. The number of benzene rings is 1. The molecule has 1 aromatic rings. The number of rotatable bonds is 7. The third-order valence-corrected chi connectivity index (χ3v) is 4.41. The second-order valence-electron chi connectivity index (χ2n) is 5.89. The Morgan fingerprint density at radius 2 is 2.12 bits per heavy atom. The van der Waals surface area contributed by atoms with Gasteiger partial charge >= 0.3 is 5.97 Å². The Morgan fingerprint density at radius 3 is 2.71 bits per heavy atom. The first-order chi connectivity index (χ1) is 11.4. The third-order valence-electron chi connectivity index (χ3n) is 4.41. The summed E-state index contributed by atoms with van der Waals surface area (Å²) in [6.07, 6.45) is 1.45. The minimum absolute atomic E-state index is 0.0365. The molecule has 1 aliphatic rings. The van der Waals surface area contributed by atoms with Crippen molar-refractivity contribution in [3.05, 3.63) is 29.6 Å². The molecule has 2 rings (SSSR count). The van der Waals surface area contributed by atoms with Gasteiger partial charge in [0.15, 0.2) is 17.1 Å². The molecule has 0 saturated carbocycles. The van der Waals surface area contributed by atoms with Crippen LogP contribution in [0.2, 0.25) is 0 Å². The van der Waals surface area contributed by atoms with Crippen molar-refractivity contribution in [2.45, 2.75) is 31.2 Å². The number of aliphatic carboxylic acids is 1. The second-order valence-corrected chi connectivity index (χ2v) is 5.89. The maximum Gasteiger partial charge on any atom is 0.332 e. The molecule has 1 amide bonds. The van der Waals surface area contributed by atoms with Gasteiger partial charge in [-0.25, -0.2) is 9.18 Å². The molecule has 1 unspecified atom stereocenters. The van der Waals surface area contributed by atoms with Crippen LogP contribution in [0.4, 0.5) is 4.39 Å².